The Kier molecular flexibility index (Phi) is 5.55. The van der Waals surface area contributed by atoms with Crippen LogP contribution in [0, 0.1) is 5.92 Å². The molecule has 26 heavy (non-hydrogen) atoms. The maximum Gasteiger partial charge on any atom is 0.335 e. The van der Waals surface area contributed by atoms with Crippen molar-refractivity contribution in [3.63, 3.8) is 0 Å². The summed E-state index contributed by atoms with van der Waals surface area (Å²) in [4.78, 5) is 27.8. The maximum atomic E-state index is 12.5. The normalized spacial score (nSPS) is 13.3. The number of carbonyl (C=O) groups is 2. The van der Waals surface area contributed by atoms with E-state index >= 15 is 0 Å². The van der Waals surface area contributed by atoms with Crippen molar-refractivity contribution < 1.29 is 14.7 Å². The molecule has 136 valence electrons. The third-order valence-electron chi connectivity index (χ3n) is 3.86. The highest BCUT2D eigenvalue weighted by Crippen LogP contribution is 2.33. The molecule has 0 spiro atoms. The molecule has 1 aliphatic rings. The van der Waals surface area contributed by atoms with E-state index in [-0.39, 0.29) is 32.0 Å². The lowest BCUT2D eigenvalue weighted by atomic mass is 10.2. The highest BCUT2D eigenvalue weighted by molar-refractivity contribution is 6.41. The van der Waals surface area contributed by atoms with Gasteiger partial charge < -0.3 is 15.7 Å². The van der Waals surface area contributed by atoms with Crippen LogP contribution < -0.4 is 10.6 Å². The van der Waals surface area contributed by atoms with E-state index in [4.69, 9.17) is 39.9 Å². The number of aromatic nitrogens is 1. The van der Waals surface area contributed by atoms with Crippen LogP contribution in [-0.2, 0) is 0 Å². The number of aromatic carboxylic acids is 1. The predicted molar refractivity (Wildman–Crippen MR) is 102 cm³/mol. The summed E-state index contributed by atoms with van der Waals surface area (Å²) < 4.78 is 0. The molecule has 3 N–H and O–H groups in total. The van der Waals surface area contributed by atoms with E-state index in [2.05, 4.69) is 15.6 Å². The second kappa shape index (κ2) is 7.70. The molecule has 0 radical (unpaired) electrons. The third-order valence-corrected chi connectivity index (χ3v) is 4.76. The number of carbonyl (C=O) groups excluding carboxylic acids is 1. The van der Waals surface area contributed by atoms with Crippen LogP contribution in [0.5, 0.6) is 0 Å². The first-order chi connectivity index (χ1) is 12.3. The van der Waals surface area contributed by atoms with Crippen LogP contribution in [0.4, 0.5) is 11.5 Å². The number of benzene rings is 1. The molecule has 3 rings (SSSR count). The summed E-state index contributed by atoms with van der Waals surface area (Å²) in [7, 11) is 0. The van der Waals surface area contributed by atoms with Gasteiger partial charge in [0.2, 0.25) is 0 Å². The zero-order chi connectivity index (χ0) is 18.8. The number of anilines is 2. The Balaban J connectivity index is 1.81. The quantitative estimate of drug-likeness (QED) is 0.630. The fourth-order valence-electron chi connectivity index (χ4n) is 2.26. The van der Waals surface area contributed by atoms with Crippen LogP contribution in [0.3, 0.4) is 0 Å². The summed E-state index contributed by atoms with van der Waals surface area (Å²) >= 11 is 18.2. The summed E-state index contributed by atoms with van der Waals surface area (Å²) in [5.41, 5.74) is 0.0277. The number of hydrogen-bond acceptors (Lipinski definition) is 4. The van der Waals surface area contributed by atoms with E-state index in [0.29, 0.717) is 11.7 Å². The summed E-state index contributed by atoms with van der Waals surface area (Å²) in [6.07, 6.45) is 2.38. The Morgan fingerprint density at radius 1 is 1.12 bits per heavy atom. The van der Waals surface area contributed by atoms with Crippen LogP contribution >= 0.6 is 34.8 Å². The fraction of sp³-hybridized carbons (Fsp3) is 0.235. The minimum absolute atomic E-state index is 0.00221. The Morgan fingerprint density at radius 3 is 2.35 bits per heavy atom. The predicted octanol–water partition coefficient (Wildman–Crippen LogP) is 4.81. The van der Waals surface area contributed by atoms with Crippen LogP contribution in [0.25, 0.3) is 0 Å². The molecule has 0 atom stereocenters. The number of carboxylic acid groups (broad SMARTS) is 1. The van der Waals surface area contributed by atoms with Crippen molar-refractivity contribution in [1.29, 1.82) is 0 Å². The number of nitrogens with one attached hydrogen (secondary N) is 2. The number of carboxylic acids is 1. The molecule has 1 amide bonds. The number of rotatable bonds is 6. The highest BCUT2D eigenvalue weighted by Gasteiger charge is 2.22. The zero-order valence-corrected chi connectivity index (χ0v) is 15.6. The largest absolute Gasteiger partial charge is 0.478 e. The Bertz CT molecular complexity index is 862. The topological polar surface area (TPSA) is 91.3 Å². The van der Waals surface area contributed by atoms with Crippen LogP contribution in [0.15, 0.2) is 24.3 Å². The Morgan fingerprint density at radius 2 is 1.77 bits per heavy atom. The molecule has 1 saturated carbocycles. The lowest BCUT2D eigenvalue weighted by molar-refractivity contribution is 0.0696. The van der Waals surface area contributed by atoms with Crippen molar-refractivity contribution in [1.82, 2.24) is 4.98 Å². The summed E-state index contributed by atoms with van der Waals surface area (Å²) in [5.74, 6) is -0.581. The van der Waals surface area contributed by atoms with Crippen molar-refractivity contribution in [2.45, 2.75) is 12.8 Å². The summed E-state index contributed by atoms with van der Waals surface area (Å²) in [5, 5.41) is 14.9. The number of pyridine rings is 1. The molecule has 1 heterocycles. The first-order valence-electron chi connectivity index (χ1n) is 7.79. The molecule has 1 aromatic heterocycles. The van der Waals surface area contributed by atoms with Gasteiger partial charge >= 0.3 is 5.97 Å². The van der Waals surface area contributed by atoms with Gasteiger partial charge in [0.1, 0.15) is 11.5 Å². The molecule has 0 aliphatic heterocycles. The van der Waals surface area contributed by atoms with Crippen LogP contribution in [0.2, 0.25) is 15.1 Å². The van der Waals surface area contributed by atoms with Gasteiger partial charge in [-0.2, -0.15) is 0 Å². The summed E-state index contributed by atoms with van der Waals surface area (Å²) in [6, 6.07) is 5.68. The molecule has 6 nitrogen and oxygen atoms in total. The van der Waals surface area contributed by atoms with E-state index in [9.17, 15) is 9.59 Å². The average molecular weight is 415 g/mol. The molecule has 1 aliphatic carbocycles. The monoisotopic (exact) mass is 413 g/mol. The van der Waals surface area contributed by atoms with E-state index in [1.165, 1.54) is 25.0 Å². The molecule has 9 heteroatoms. The van der Waals surface area contributed by atoms with Gasteiger partial charge in [0, 0.05) is 6.54 Å². The molecule has 0 saturated heterocycles. The minimum Gasteiger partial charge on any atom is -0.478 e. The highest BCUT2D eigenvalue weighted by atomic mass is 35.5. The standard InChI is InChI=1S/C17H14Cl3N3O3/c18-10-3-4-13(21-7-8-1-2-8)22-15(10)16(24)23-14-11(19)5-9(17(25)26)6-12(14)20/h3-6,8H,1-2,7H2,(H,21,22)(H,23,24)(H,25,26). The van der Waals surface area contributed by atoms with Crippen molar-refractivity contribution in [3.8, 4) is 0 Å². The third kappa shape index (κ3) is 4.38. The molecule has 2 aromatic rings. The molecule has 1 fully saturated rings. The SMILES string of the molecule is O=C(O)c1cc(Cl)c(NC(=O)c2nc(NCC3CC3)ccc2Cl)c(Cl)c1. The Labute approximate surface area is 164 Å². The van der Waals surface area contributed by atoms with Gasteiger partial charge in [-0.1, -0.05) is 34.8 Å². The van der Waals surface area contributed by atoms with Crippen LogP contribution in [0.1, 0.15) is 33.7 Å². The van der Waals surface area contributed by atoms with E-state index in [1.807, 2.05) is 0 Å². The molecule has 1 aromatic carbocycles. The first-order valence-corrected chi connectivity index (χ1v) is 8.92. The molecular formula is C17H14Cl3N3O3. The molecule has 0 bridgehead atoms. The summed E-state index contributed by atoms with van der Waals surface area (Å²) in [6.45, 7) is 0.796. The molecular weight excluding hydrogens is 401 g/mol. The Hall–Kier alpha value is -2.02. The van der Waals surface area contributed by atoms with Gasteiger partial charge in [-0.15, -0.1) is 0 Å². The zero-order valence-electron chi connectivity index (χ0n) is 13.4. The van der Waals surface area contributed by atoms with Crippen molar-refractivity contribution >= 4 is 58.2 Å². The lowest BCUT2D eigenvalue weighted by Gasteiger charge is -2.12. The van der Waals surface area contributed by atoms with Crippen molar-refractivity contribution in [2.24, 2.45) is 5.92 Å². The van der Waals surface area contributed by atoms with Crippen molar-refractivity contribution in [2.75, 3.05) is 17.2 Å². The minimum atomic E-state index is -1.18. The number of halogens is 3. The number of amides is 1. The lowest BCUT2D eigenvalue weighted by Crippen LogP contribution is -2.16. The maximum absolute atomic E-state index is 12.5. The van der Waals surface area contributed by atoms with Crippen LogP contribution in [-0.4, -0.2) is 28.5 Å². The van der Waals surface area contributed by atoms with Gasteiger partial charge in [-0.3, -0.25) is 4.79 Å². The average Bonchev–Trinajstić information content (AvgIpc) is 3.41. The second-order valence-electron chi connectivity index (χ2n) is 5.93. The van der Waals surface area contributed by atoms with Gasteiger partial charge in [0.15, 0.2) is 0 Å². The van der Waals surface area contributed by atoms with E-state index in [1.54, 1.807) is 12.1 Å². The van der Waals surface area contributed by atoms with Gasteiger partial charge in [0.05, 0.1) is 26.3 Å². The first kappa shape index (κ1) is 18.8. The van der Waals surface area contributed by atoms with Crippen molar-refractivity contribution in [3.05, 3.63) is 50.6 Å². The van der Waals surface area contributed by atoms with Gasteiger partial charge in [-0.05, 0) is 43.0 Å². The smallest absolute Gasteiger partial charge is 0.335 e. The number of hydrogen-bond donors (Lipinski definition) is 3. The number of nitrogens with zero attached hydrogens (tertiary/aromatic N) is 1. The van der Waals surface area contributed by atoms with Gasteiger partial charge in [-0.25, -0.2) is 9.78 Å². The molecule has 0 unspecified atom stereocenters. The fourth-order valence-corrected chi connectivity index (χ4v) is 3.03. The van der Waals surface area contributed by atoms with E-state index < -0.39 is 11.9 Å². The second-order valence-corrected chi connectivity index (χ2v) is 7.15. The van der Waals surface area contributed by atoms with E-state index in [0.717, 1.165) is 6.54 Å². The van der Waals surface area contributed by atoms with Gasteiger partial charge in [0.25, 0.3) is 5.91 Å².